The topological polar surface area (TPSA) is 9.23 Å². The Balaban J connectivity index is 1.56. The Morgan fingerprint density at radius 2 is 1.02 bits per heavy atom. The summed E-state index contributed by atoms with van der Waals surface area (Å²) < 4.78 is 6.87. The lowest BCUT2D eigenvalue weighted by molar-refractivity contribution is 0.0555. The van der Waals surface area contributed by atoms with Crippen molar-refractivity contribution in [3.63, 3.8) is 0 Å². The Morgan fingerprint density at radius 3 is 1.65 bits per heavy atom. The van der Waals surface area contributed by atoms with E-state index >= 15 is 0 Å². The van der Waals surface area contributed by atoms with E-state index in [0.29, 0.717) is 6.61 Å². The molecule has 2 aliphatic rings. The van der Waals surface area contributed by atoms with Gasteiger partial charge in [-0.25, -0.2) is 0 Å². The van der Waals surface area contributed by atoms with E-state index in [9.17, 15) is 0 Å². The lowest BCUT2D eigenvalue weighted by Gasteiger charge is -2.33. The summed E-state index contributed by atoms with van der Waals surface area (Å²) >= 11 is 0. The molecule has 0 radical (unpaired) electrons. The zero-order valence-corrected chi connectivity index (χ0v) is 26.7. The van der Waals surface area contributed by atoms with Crippen LogP contribution in [0.15, 0.2) is 121 Å². The Kier molecular flexibility index (Phi) is 6.27. The third kappa shape index (κ3) is 4.12. The van der Waals surface area contributed by atoms with Gasteiger partial charge in [0.05, 0.1) is 12.7 Å². The van der Waals surface area contributed by atoms with E-state index in [1.54, 1.807) is 0 Å². The smallest absolute Gasteiger partial charge is 0.0813 e. The molecule has 0 aromatic heterocycles. The molecule has 0 amide bonds. The standard InChI is InChI=1S/C45H36O/c1-27-12-16-32(17-13-27)41-38-25-24-33-22-20-30-8-4-6-10-36(30)40(33)44(38)45-39(43(41)34-18-14-28(2)15-19-34)29(3)46-26-35-23-21-31-9-5-7-11-37(31)42(35)45/h4-23,29H,24-26H2,1-3H3/t29-/m0/s1. The Bertz CT molecular complexity index is 2320. The molecule has 9 rings (SSSR count). The first-order chi connectivity index (χ1) is 22.6. The van der Waals surface area contributed by atoms with E-state index in [1.807, 2.05) is 0 Å². The minimum Gasteiger partial charge on any atom is -0.369 e. The summed E-state index contributed by atoms with van der Waals surface area (Å²) in [5, 5.41) is 5.19. The van der Waals surface area contributed by atoms with Crippen LogP contribution in [0.3, 0.4) is 0 Å². The predicted molar refractivity (Wildman–Crippen MR) is 193 cm³/mol. The first kappa shape index (κ1) is 27.3. The molecule has 1 atom stereocenters. The first-order valence-corrected chi connectivity index (χ1v) is 16.6. The highest BCUT2D eigenvalue weighted by Gasteiger charge is 2.35. The van der Waals surface area contributed by atoms with Crippen LogP contribution >= 0.6 is 0 Å². The molecule has 0 spiro atoms. The molecule has 1 heterocycles. The maximum absolute atomic E-state index is 6.87. The summed E-state index contributed by atoms with van der Waals surface area (Å²) in [5.41, 5.74) is 18.7. The Labute approximate surface area is 271 Å². The quantitative estimate of drug-likeness (QED) is 0.194. The molecule has 1 nitrogen and oxygen atoms in total. The van der Waals surface area contributed by atoms with Crippen LogP contribution in [0.25, 0.3) is 66.1 Å². The van der Waals surface area contributed by atoms with Crippen molar-refractivity contribution >= 4 is 21.5 Å². The third-order valence-corrected chi connectivity index (χ3v) is 10.4. The fourth-order valence-corrected chi connectivity index (χ4v) is 8.18. The van der Waals surface area contributed by atoms with E-state index in [2.05, 4.69) is 142 Å². The minimum absolute atomic E-state index is 0.104. The highest BCUT2D eigenvalue weighted by Crippen LogP contribution is 2.57. The molecule has 0 saturated carbocycles. The largest absolute Gasteiger partial charge is 0.369 e. The second-order valence-electron chi connectivity index (χ2n) is 13.2. The van der Waals surface area contributed by atoms with Crippen molar-refractivity contribution in [2.75, 3.05) is 0 Å². The molecule has 1 aliphatic heterocycles. The van der Waals surface area contributed by atoms with E-state index < -0.39 is 0 Å². The minimum atomic E-state index is -0.104. The van der Waals surface area contributed by atoms with Gasteiger partial charge in [-0.1, -0.05) is 132 Å². The van der Waals surface area contributed by atoms with Crippen LogP contribution in [-0.2, 0) is 24.2 Å². The van der Waals surface area contributed by atoms with Crippen molar-refractivity contribution in [3.8, 4) is 44.5 Å². The van der Waals surface area contributed by atoms with E-state index in [0.717, 1.165) is 12.8 Å². The fraction of sp³-hybridized carbons (Fsp3) is 0.156. The summed E-state index contributed by atoms with van der Waals surface area (Å²) in [6.45, 7) is 7.20. The second kappa shape index (κ2) is 10.5. The second-order valence-corrected chi connectivity index (χ2v) is 13.2. The van der Waals surface area contributed by atoms with Gasteiger partial charge in [-0.2, -0.15) is 0 Å². The maximum Gasteiger partial charge on any atom is 0.0813 e. The van der Waals surface area contributed by atoms with Gasteiger partial charge >= 0.3 is 0 Å². The van der Waals surface area contributed by atoms with Crippen LogP contribution < -0.4 is 0 Å². The Hall–Kier alpha value is -4.98. The molecule has 0 N–H and O–H groups in total. The molecule has 0 saturated heterocycles. The number of fused-ring (bicyclic) bond motifs is 11. The lowest BCUT2D eigenvalue weighted by Crippen LogP contribution is -2.13. The van der Waals surface area contributed by atoms with Crippen molar-refractivity contribution in [3.05, 3.63) is 155 Å². The summed E-state index contributed by atoms with van der Waals surface area (Å²) in [7, 11) is 0. The zero-order valence-electron chi connectivity index (χ0n) is 26.7. The van der Waals surface area contributed by atoms with Crippen molar-refractivity contribution in [2.24, 2.45) is 0 Å². The molecule has 0 fully saturated rings. The first-order valence-electron chi connectivity index (χ1n) is 16.6. The summed E-state index contributed by atoms with van der Waals surface area (Å²) in [5.74, 6) is 0. The number of ether oxygens (including phenoxy) is 1. The molecule has 1 aliphatic carbocycles. The van der Waals surface area contributed by atoms with E-state index in [-0.39, 0.29) is 6.10 Å². The van der Waals surface area contributed by atoms with Crippen LogP contribution in [0.2, 0.25) is 0 Å². The normalized spacial score (nSPS) is 15.2. The zero-order chi connectivity index (χ0) is 30.9. The molecule has 7 aromatic rings. The SMILES string of the molecule is Cc1ccc(-c2c3c(c4c(c2-c2ccc(C)cc2)[C@H](C)OCc2ccc5ccccc5c2-4)-c2c(ccc4ccccc24)CC3)cc1. The monoisotopic (exact) mass is 592 g/mol. The number of hydrogen-bond donors (Lipinski definition) is 0. The van der Waals surface area contributed by atoms with Gasteiger partial charge in [0.2, 0.25) is 0 Å². The molecule has 0 bridgehead atoms. The number of rotatable bonds is 2. The van der Waals surface area contributed by atoms with Gasteiger partial charge in [-0.05, 0) is 122 Å². The van der Waals surface area contributed by atoms with Gasteiger partial charge in [0, 0.05) is 0 Å². The van der Waals surface area contributed by atoms with Gasteiger partial charge in [0.15, 0.2) is 0 Å². The summed E-state index contributed by atoms with van der Waals surface area (Å²) in [6.07, 6.45) is 1.91. The number of benzene rings is 7. The Morgan fingerprint density at radius 1 is 0.478 bits per heavy atom. The lowest BCUT2D eigenvalue weighted by atomic mass is 9.70. The average molecular weight is 593 g/mol. The highest BCUT2D eigenvalue weighted by molar-refractivity contribution is 6.13. The number of hydrogen-bond acceptors (Lipinski definition) is 1. The highest BCUT2D eigenvalue weighted by atomic mass is 16.5. The van der Waals surface area contributed by atoms with Crippen LogP contribution in [-0.4, -0.2) is 0 Å². The summed E-state index contributed by atoms with van der Waals surface area (Å²) in [6, 6.07) is 45.5. The van der Waals surface area contributed by atoms with Gasteiger partial charge in [-0.15, -0.1) is 0 Å². The van der Waals surface area contributed by atoms with Crippen molar-refractivity contribution in [1.29, 1.82) is 0 Å². The van der Waals surface area contributed by atoms with Crippen LogP contribution in [0.5, 0.6) is 0 Å². The van der Waals surface area contributed by atoms with Crippen molar-refractivity contribution in [2.45, 2.75) is 46.3 Å². The fourth-order valence-electron chi connectivity index (χ4n) is 8.18. The van der Waals surface area contributed by atoms with Crippen molar-refractivity contribution in [1.82, 2.24) is 0 Å². The molecule has 1 heteroatoms. The predicted octanol–water partition coefficient (Wildman–Crippen LogP) is 12.0. The third-order valence-electron chi connectivity index (χ3n) is 10.4. The molecular weight excluding hydrogens is 556 g/mol. The van der Waals surface area contributed by atoms with Gasteiger partial charge in [0.25, 0.3) is 0 Å². The average Bonchev–Trinajstić information content (AvgIpc) is 3.24. The van der Waals surface area contributed by atoms with E-state index in [1.165, 1.54) is 99.4 Å². The van der Waals surface area contributed by atoms with Crippen LogP contribution in [0.1, 0.15) is 46.4 Å². The molecular formula is C45H36O. The molecule has 222 valence electrons. The van der Waals surface area contributed by atoms with E-state index in [4.69, 9.17) is 4.74 Å². The molecule has 0 unspecified atom stereocenters. The maximum atomic E-state index is 6.87. The molecule has 7 aromatic carbocycles. The summed E-state index contributed by atoms with van der Waals surface area (Å²) in [4.78, 5) is 0. The van der Waals surface area contributed by atoms with Gasteiger partial charge < -0.3 is 4.74 Å². The van der Waals surface area contributed by atoms with Crippen LogP contribution in [0, 0.1) is 13.8 Å². The van der Waals surface area contributed by atoms with Crippen LogP contribution in [0.4, 0.5) is 0 Å². The number of aryl methyl sites for hydroxylation is 3. The van der Waals surface area contributed by atoms with Gasteiger partial charge in [0.1, 0.15) is 0 Å². The van der Waals surface area contributed by atoms with Gasteiger partial charge in [-0.3, -0.25) is 0 Å². The van der Waals surface area contributed by atoms with Crippen molar-refractivity contribution < 1.29 is 4.74 Å². The molecule has 46 heavy (non-hydrogen) atoms.